The summed E-state index contributed by atoms with van der Waals surface area (Å²) in [6.45, 7) is 9.61. The summed E-state index contributed by atoms with van der Waals surface area (Å²) in [6, 6.07) is 3.12. The van der Waals surface area contributed by atoms with E-state index in [4.69, 9.17) is 4.74 Å². The Balaban J connectivity index is 2.15. The van der Waals surface area contributed by atoms with Gasteiger partial charge in [0.25, 0.3) is 0 Å². The molecule has 1 N–H and O–H groups in total. The van der Waals surface area contributed by atoms with E-state index in [9.17, 15) is 13.2 Å². The molecule has 0 saturated carbocycles. The maximum atomic E-state index is 13.2. The van der Waals surface area contributed by atoms with Gasteiger partial charge in [-0.2, -0.15) is 4.31 Å². The van der Waals surface area contributed by atoms with Crippen molar-refractivity contribution < 1.29 is 17.9 Å². The van der Waals surface area contributed by atoms with E-state index in [-0.39, 0.29) is 5.91 Å². The number of sulfonamides is 1. The van der Waals surface area contributed by atoms with Crippen LogP contribution in [-0.2, 0) is 19.6 Å². The van der Waals surface area contributed by atoms with Crippen LogP contribution < -0.4 is 5.32 Å². The van der Waals surface area contributed by atoms with Gasteiger partial charge in [-0.25, -0.2) is 8.42 Å². The van der Waals surface area contributed by atoms with Gasteiger partial charge in [0.2, 0.25) is 15.9 Å². The average molecular weight is 383 g/mol. The Kier molecular flexibility index (Phi) is 7.20. The highest BCUT2D eigenvalue weighted by Crippen LogP contribution is 2.30. The van der Waals surface area contributed by atoms with Crippen molar-refractivity contribution in [3.05, 3.63) is 28.8 Å². The van der Waals surface area contributed by atoms with Gasteiger partial charge in [0.1, 0.15) is 6.04 Å². The topological polar surface area (TPSA) is 75.7 Å². The highest BCUT2D eigenvalue weighted by Gasteiger charge is 2.40. The lowest BCUT2D eigenvalue weighted by Crippen LogP contribution is -2.46. The minimum atomic E-state index is -3.70. The summed E-state index contributed by atoms with van der Waals surface area (Å²) in [5.41, 5.74) is 2.49. The minimum Gasteiger partial charge on any atom is -0.382 e. The number of ether oxygens (including phenoxy) is 1. The molecule has 26 heavy (non-hydrogen) atoms. The summed E-state index contributed by atoms with van der Waals surface area (Å²) in [5, 5.41) is 2.85. The van der Waals surface area contributed by atoms with Crippen LogP contribution in [0.25, 0.3) is 0 Å². The summed E-state index contributed by atoms with van der Waals surface area (Å²) >= 11 is 0. The number of hydrogen-bond donors (Lipinski definition) is 1. The molecular weight excluding hydrogens is 352 g/mol. The molecule has 1 aliphatic heterocycles. The number of carbonyl (C=O) groups is 1. The summed E-state index contributed by atoms with van der Waals surface area (Å²) in [7, 11) is -3.70. The molecule has 1 aliphatic rings. The SMILES string of the molecule is CCOCCCNC(=O)C1CCCN1S(=O)(=O)c1c(C)cc(C)cc1C. The number of carbonyl (C=O) groups excluding carboxylic acids is 1. The molecule has 1 aromatic carbocycles. The number of benzene rings is 1. The first-order chi connectivity index (χ1) is 12.3. The van der Waals surface area contributed by atoms with Crippen LogP contribution in [0.3, 0.4) is 0 Å². The fraction of sp³-hybridized carbons (Fsp3) is 0.632. The smallest absolute Gasteiger partial charge is 0.244 e. The summed E-state index contributed by atoms with van der Waals surface area (Å²) < 4.78 is 33.1. The molecule has 1 unspecified atom stereocenters. The van der Waals surface area contributed by atoms with Crippen molar-refractivity contribution in [1.82, 2.24) is 9.62 Å². The molecule has 0 aliphatic carbocycles. The van der Waals surface area contributed by atoms with E-state index in [1.165, 1.54) is 4.31 Å². The number of amides is 1. The van der Waals surface area contributed by atoms with E-state index in [1.54, 1.807) is 0 Å². The van der Waals surface area contributed by atoms with E-state index >= 15 is 0 Å². The van der Waals surface area contributed by atoms with Gasteiger partial charge in [0.05, 0.1) is 4.90 Å². The molecule has 1 atom stereocenters. The largest absolute Gasteiger partial charge is 0.382 e. The zero-order valence-electron chi connectivity index (χ0n) is 16.2. The van der Waals surface area contributed by atoms with Crippen LogP contribution >= 0.6 is 0 Å². The molecule has 0 bridgehead atoms. The number of nitrogens with one attached hydrogen (secondary N) is 1. The first-order valence-electron chi connectivity index (χ1n) is 9.24. The number of rotatable bonds is 8. The molecule has 1 amide bonds. The van der Waals surface area contributed by atoms with E-state index in [1.807, 2.05) is 39.8 Å². The minimum absolute atomic E-state index is 0.218. The predicted octanol–water partition coefficient (Wildman–Crippen LogP) is 2.31. The molecule has 1 heterocycles. The first-order valence-corrected chi connectivity index (χ1v) is 10.7. The molecule has 2 rings (SSSR count). The first kappa shape index (κ1) is 20.9. The number of nitrogens with zero attached hydrogens (tertiary/aromatic N) is 1. The molecule has 0 spiro atoms. The van der Waals surface area contributed by atoms with Gasteiger partial charge in [-0.15, -0.1) is 0 Å². The van der Waals surface area contributed by atoms with Crippen molar-refractivity contribution in [1.29, 1.82) is 0 Å². The molecule has 1 fully saturated rings. The standard InChI is InChI=1S/C19H30N2O4S/c1-5-25-11-7-9-20-19(22)17-8-6-10-21(17)26(23,24)18-15(3)12-14(2)13-16(18)4/h12-13,17H,5-11H2,1-4H3,(H,20,22). The van der Waals surface area contributed by atoms with Crippen LogP contribution in [0.5, 0.6) is 0 Å². The van der Waals surface area contributed by atoms with Crippen molar-refractivity contribution >= 4 is 15.9 Å². The van der Waals surface area contributed by atoms with E-state index in [2.05, 4.69) is 5.32 Å². The fourth-order valence-corrected chi connectivity index (χ4v) is 5.70. The molecule has 146 valence electrons. The van der Waals surface area contributed by atoms with Crippen LogP contribution in [0, 0.1) is 20.8 Å². The Hall–Kier alpha value is -1.44. The van der Waals surface area contributed by atoms with Crippen molar-refractivity contribution in [3.8, 4) is 0 Å². The van der Waals surface area contributed by atoms with E-state index in [0.29, 0.717) is 44.0 Å². The van der Waals surface area contributed by atoms with Crippen LogP contribution in [0.1, 0.15) is 42.9 Å². The van der Waals surface area contributed by atoms with Crippen molar-refractivity contribution in [2.45, 2.75) is 57.9 Å². The Labute approximate surface area is 157 Å². The maximum Gasteiger partial charge on any atom is 0.244 e. The predicted molar refractivity (Wildman–Crippen MR) is 102 cm³/mol. The monoisotopic (exact) mass is 382 g/mol. The van der Waals surface area contributed by atoms with Crippen LogP contribution in [0.15, 0.2) is 17.0 Å². The third-order valence-electron chi connectivity index (χ3n) is 4.65. The lowest BCUT2D eigenvalue weighted by molar-refractivity contribution is -0.124. The van der Waals surface area contributed by atoms with Crippen molar-refractivity contribution in [3.63, 3.8) is 0 Å². The highest BCUT2D eigenvalue weighted by molar-refractivity contribution is 7.89. The summed E-state index contributed by atoms with van der Waals surface area (Å²) in [5.74, 6) is -0.218. The Morgan fingerprint density at radius 1 is 1.27 bits per heavy atom. The van der Waals surface area contributed by atoms with Crippen LogP contribution in [0.2, 0.25) is 0 Å². The van der Waals surface area contributed by atoms with Gasteiger partial charge < -0.3 is 10.1 Å². The Morgan fingerprint density at radius 3 is 2.54 bits per heavy atom. The van der Waals surface area contributed by atoms with Crippen molar-refractivity contribution in [2.24, 2.45) is 0 Å². The van der Waals surface area contributed by atoms with Crippen molar-refractivity contribution in [2.75, 3.05) is 26.3 Å². The van der Waals surface area contributed by atoms with E-state index in [0.717, 1.165) is 23.1 Å². The summed E-state index contributed by atoms with van der Waals surface area (Å²) in [6.07, 6.45) is 1.97. The molecule has 1 aromatic rings. The second-order valence-corrected chi connectivity index (χ2v) is 8.67. The Morgan fingerprint density at radius 2 is 1.92 bits per heavy atom. The Bertz CT molecular complexity index is 723. The molecule has 6 nitrogen and oxygen atoms in total. The lowest BCUT2D eigenvalue weighted by Gasteiger charge is -2.25. The van der Waals surface area contributed by atoms with Crippen LogP contribution in [-0.4, -0.2) is 51.0 Å². The zero-order chi connectivity index (χ0) is 19.3. The van der Waals surface area contributed by atoms with Gasteiger partial charge in [-0.1, -0.05) is 17.7 Å². The van der Waals surface area contributed by atoms with Crippen LogP contribution in [0.4, 0.5) is 0 Å². The van der Waals surface area contributed by atoms with E-state index < -0.39 is 16.1 Å². The highest BCUT2D eigenvalue weighted by atomic mass is 32.2. The summed E-state index contributed by atoms with van der Waals surface area (Å²) in [4.78, 5) is 12.9. The number of aryl methyl sites for hydroxylation is 3. The molecular formula is C19H30N2O4S. The normalized spacial score (nSPS) is 18.2. The maximum absolute atomic E-state index is 13.2. The third kappa shape index (κ3) is 4.64. The van der Waals surface area contributed by atoms with Gasteiger partial charge in [-0.3, -0.25) is 4.79 Å². The van der Waals surface area contributed by atoms with Gasteiger partial charge >= 0.3 is 0 Å². The molecule has 0 radical (unpaired) electrons. The fourth-order valence-electron chi connectivity index (χ4n) is 3.63. The second-order valence-electron chi connectivity index (χ2n) is 6.84. The molecule has 0 aromatic heterocycles. The second kappa shape index (κ2) is 8.97. The molecule has 1 saturated heterocycles. The lowest BCUT2D eigenvalue weighted by atomic mass is 10.1. The van der Waals surface area contributed by atoms with Gasteiger partial charge in [0, 0.05) is 26.3 Å². The average Bonchev–Trinajstić information content (AvgIpc) is 3.03. The van der Waals surface area contributed by atoms with Gasteiger partial charge in [-0.05, 0) is 58.1 Å². The zero-order valence-corrected chi connectivity index (χ0v) is 17.0. The third-order valence-corrected chi connectivity index (χ3v) is 6.86. The quantitative estimate of drug-likeness (QED) is 0.700. The number of hydrogen-bond acceptors (Lipinski definition) is 4. The van der Waals surface area contributed by atoms with Gasteiger partial charge in [0.15, 0.2) is 0 Å². The molecule has 7 heteroatoms.